The minimum absolute atomic E-state index is 0. The molecule has 7 heteroatoms. The molecule has 1 fully saturated rings. The molecule has 0 spiro atoms. The normalized spacial score (nSPS) is 14.1. The number of aromatic nitrogens is 1. The number of aryl methyl sites for hydroxylation is 1. The Morgan fingerprint density at radius 1 is 1.48 bits per heavy atom. The monoisotopic (exact) mass is 433 g/mol. The summed E-state index contributed by atoms with van der Waals surface area (Å²) in [5.74, 6) is 1.01. The SMILES string of the molecule is CN=C(NCCCC(=O)NC1CC1)N(C)Cc1cccn1C.I. The third kappa shape index (κ3) is 6.80. The smallest absolute Gasteiger partial charge is 0.220 e. The summed E-state index contributed by atoms with van der Waals surface area (Å²) in [5, 5.41) is 6.32. The predicted octanol–water partition coefficient (Wildman–Crippen LogP) is 1.71. The number of carbonyl (C=O) groups is 1. The highest BCUT2D eigenvalue weighted by molar-refractivity contribution is 14.0. The molecule has 0 unspecified atom stereocenters. The molecule has 2 rings (SSSR count). The molecule has 23 heavy (non-hydrogen) atoms. The average Bonchev–Trinajstić information content (AvgIpc) is 3.21. The lowest BCUT2D eigenvalue weighted by Gasteiger charge is -2.22. The minimum atomic E-state index is 0. The summed E-state index contributed by atoms with van der Waals surface area (Å²) in [6.45, 7) is 1.55. The molecule has 6 nitrogen and oxygen atoms in total. The van der Waals surface area contributed by atoms with Gasteiger partial charge in [0.15, 0.2) is 5.96 Å². The molecule has 1 heterocycles. The van der Waals surface area contributed by atoms with E-state index in [1.165, 1.54) is 5.69 Å². The van der Waals surface area contributed by atoms with E-state index in [0.29, 0.717) is 12.5 Å². The first-order valence-electron chi connectivity index (χ1n) is 7.91. The highest BCUT2D eigenvalue weighted by Crippen LogP contribution is 2.18. The average molecular weight is 433 g/mol. The number of nitrogens with one attached hydrogen (secondary N) is 2. The van der Waals surface area contributed by atoms with Crippen molar-refractivity contribution in [3.05, 3.63) is 24.0 Å². The lowest BCUT2D eigenvalue weighted by Crippen LogP contribution is -2.39. The van der Waals surface area contributed by atoms with Gasteiger partial charge in [0.2, 0.25) is 5.91 Å². The van der Waals surface area contributed by atoms with Crippen molar-refractivity contribution in [3.63, 3.8) is 0 Å². The summed E-state index contributed by atoms with van der Waals surface area (Å²) in [4.78, 5) is 18.0. The van der Waals surface area contributed by atoms with Crippen molar-refractivity contribution in [1.82, 2.24) is 20.1 Å². The van der Waals surface area contributed by atoms with Crippen LogP contribution in [0.15, 0.2) is 23.3 Å². The van der Waals surface area contributed by atoms with E-state index in [4.69, 9.17) is 0 Å². The molecule has 0 aromatic carbocycles. The summed E-state index contributed by atoms with van der Waals surface area (Å²) in [5.41, 5.74) is 1.23. The molecule has 0 bridgehead atoms. The van der Waals surface area contributed by atoms with Gasteiger partial charge >= 0.3 is 0 Å². The van der Waals surface area contributed by atoms with E-state index in [2.05, 4.69) is 31.2 Å². The van der Waals surface area contributed by atoms with Crippen LogP contribution in [0.2, 0.25) is 0 Å². The Labute approximate surface area is 155 Å². The van der Waals surface area contributed by atoms with Gasteiger partial charge in [-0.25, -0.2) is 0 Å². The van der Waals surface area contributed by atoms with Crippen molar-refractivity contribution in [3.8, 4) is 0 Å². The minimum Gasteiger partial charge on any atom is -0.356 e. The molecule has 1 aliphatic rings. The summed E-state index contributed by atoms with van der Waals surface area (Å²) in [7, 11) is 5.84. The van der Waals surface area contributed by atoms with Crippen LogP contribution >= 0.6 is 24.0 Å². The number of hydrogen-bond donors (Lipinski definition) is 2. The Morgan fingerprint density at radius 3 is 2.78 bits per heavy atom. The number of nitrogens with zero attached hydrogens (tertiary/aromatic N) is 3. The zero-order valence-electron chi connectivity index (χ0n) is 14.2. The molecular formula is C16H28IN5O. The molecule has 0 radical (unpaired) electrons. The van der Waals surface area contributed by atoms with E-state index in [9.17, 15) is 4.79 Å². The predicted molar refractivity (Wildman–Crippen MR) is 104 cm³/mol. The Hall–Kier alpha value is -1.25. The molecule has 1 aliphatic carbocycles. The van der Waals surface area contributed by atoms with E-state index in [1.54, 1.807) is 7.05 Å². The summed E-state index contributed by atoms with van der Waals surface area (Å²) < 4.78 is 2.10. The Balaban J connectivity index is 0.00000264. The van der Waals surface area contributed by atoms with E-state index in [1.807, 2.05) is 26.4 Å². The lowest BCUT2D eigenvalue weighted by molar-refractivity contribution is -0.121. The van der Waals surface area contributed by atoms with Crippen LogP contribution in [0.25, 0.3) is 0 Å². The second-order valence-electron chi connectivity index (χ2n) is 5.89. The highest BCUT2D eigenvalue weighted by Gasteiger charge is 2.22. The van der Waals surface area contributed by atoms with Gasteiger partial charge in [0.05, 0.1) is 6.54 Å². The van der Waals surface area contributed by atoms with Crippen LogP contribution in [0.5, 0.6) is 0 Å². The largest absolute Gasteiger partial charge is 0.356 e. The number of carbonyl (C=O) groups excluding carboxylic acids is 1. The first-order chi connectivity index (χ1) is 10.6. The number of halogens is 1. The van der Waals surface area contributed by atoms with Crippen LogP contribution in [0, 0.1) is 0 Å². The van der Waals surface area contributed by atoms with Crippen molar-refractivity contribution >= 4 is 35.8 Å². The van der Waals surface area contributed by atoms with E-state index < -0.39 is 0 Å². The maximum absolute atomic E-state index is 11.6. The van der Waals surface area contributed by atoms with Gasteiger partial charge in [-0.2, -0.15) is 0 Å². The molecule has 1 amide bonds. The molecule has 0 atom stereocenters. The molecule has 1 saturated carbocycles. The first kappa shape index (κ1) is 19.8. The maximum Gasteiger partial charge on any atom is 0.220 e. The third-order valence-corrected chi connectivity index (χ3v) is 3.83. The summed E-state index contributed by atoms with van der Waals surface area (Å²) in [6.07, 6.45) is 5.70. The molecule has 0 saturated heterocycles. The van der Waals surface area contributed by atoms with E-state index in [0.717, 1.165) is 38.3 Å². The van der Waals surface area contributed by atoms with Crippen molar-refractivity contribution in [1.29, 1.82) is 0 Å². The number of aliphatic imine (C=N–C) groups is 1. The third-order valence-electron chi connectivity index (χ3n) is 3.83. The standard InChI is InChI=1S/C16H27N5O.HI/c1-17-16(21(3)12-14-6-5-11-20(14)2)18-10-4-7-15(22)19-13-8-9-13;/h5-6,11,13H,4,7-10,12H2,1-3H3,(H,17,18)(H,19,22);1H. The Morgan fingerprint density at radius 2 is 2.22 bits per heavy atom. The zero-order valence-corrected chi connectivity index (χ0v) is 16.5. The Bertz CT molecular complexity index is 524. The van der Waals surface area contributed by atoms with Gasteiger partial charge < -0.3 is 20.1 Å². The summed E-state index contributed by atoms with van der Waals surface area (Å²) >= 11 is 0. The quantitative estimate of drug-likeness (QED) is 0.298. The fourth-order valence-corrected chi connectivity index (χ4v) is 2.34. The fraction of sp³-hybridized carbons (Fsp3) is 0.625. The van der Waals surface area contributed by atoms with Gasteiger partial charge in [0.25, 0.3) is 0 Å². The molecule has 0 aliphatic heterocycles. The lowest BCUT2D eigenvalue weighted by atomic mass is 10.3. The molecule has 130 valence electrons. The van der Waals surface area contributed by atoms with Crippen molar-refractivity contribution in [2.75, 3.05) is 20.6 Å². The number of guanidine groups is 1. The van der Waals surface area contributed by atoms with Crippen molar-refractivity contribution in [2.24, 2.45) is 12.0 Å². The molecule has 1 aromatic heterocycles. The topological polar surface area (TPSA) is 61.7 Å². The van der Waals surface area contributed by atoms with Crippen LogP contribution in [0.3, 0.4) is 0 Å². The first-order valence-corrected chi connectivity index (χ1v) is 7.91. The van der Waals surface area contributed by atoms with Crippen LogP contribution < -0.4 is 10.6 Å². The second kappa shape index (κ2) is 9.79. The van der Waals surface area contributed by atoms with Gasteiger partial charge in [-0.05, 0) is 31.4 Å². The number of amides is 1. The second-order valence-corrected chi connectivity index (χ2v) is 5.89. The van der Waals surface area contributed by atoms with Gasteiger partial charge in [0, 0.05) is 52.0 Å². The van der Waals surface area contributed by atoms with Crippen LogP contribution in [-0.4, -0.2) is 48.0 Å². The zero-order chi connectivity index (χ0) is 15.9. The number of rotatable bonds is 7. The van der Waals surface area contributed by atoms with Crippen LogP contribution in [0.1, 0.15) is 31.4 Å². The Kier molecular flexibility index (Phi) is 8.43. The highest BCUT2D eigenvalue weighted by atomic mass is 127. The maximum atomic E-state index is 11.6. The van der Waals surface area contributed by atoms with Crippen LogP contribution in [0.4, 0.5) is 0 Å². The molecule has 2 N–H and O–H groups in total. The number of hydrogen-bond acceptors (Lipinski definition) is 2. The van der Waals surface area contributed by atoms with Crippen LogP contribution in [-0.2, 0) is 18.4 Å². The fourth-order valence-electron chi connectivity index (χ4n) is 2.34. The summed E-state index contributed by atoms with van der Waals surface area (Å²) in [6, 6.07) is 4.59. The van der Waals surface area contributed by atoms with Gasteiger partial charge in [-0.15, -0.1) is 24.0 Å². The van der Waals surface area contributed by atoms with E-state index in [-0.39, 0.29) is 29.9 Å². The van der Waals surface area contributed by atoms with Gasteiger partial charge in [-0.3, -0.25) is 9.79 Å². The van der Waals surface area contributed by atoms with Crippen molar-refractivity contribution in [2.45, 2.75) is 38.3 Å². The van der Waals surface area contributed by atoms with E-state index >= 15 is 0 Å². The van der Waals surface area contributed by atoms with Gasteiger partial charge in [0.1, 0.15) is 0 Å². The van der Waals surface area contributed by atoms with Gasteiger partial charge in [-0.1, -0.05) is 0 Å². The molecule has 1 aromatic rings. The molecular weight excluding hydrogens is 405 g/mol. The van der Waals surface area contributed by atoms with Crippen molar-refractivity contribution < 1.29 is 4.79 Å².